The van der Waals surface area contributed by atoms with Gasteiger partial charge in [0.15, 0.2) is 0 Å². The van der Waals surface area contributed by atoms with Gasteiger partial charge in [-0.15, -0.1) is 0 Å². The summed E-state index contributed by atoms with van der Waals surface area (Å²) >= 11 is 0. The summed E-state index contributed by atoms with van der Waals surface area (Å²) in [6.07, 6.45) is 10.2. The zero-order chi connectivity index (χ0) is 12.3. The topological polar surface area (TPSA) is 47.6 Å². The number of rotatable bonds is 9. The Bertz CT molecular complexity index is 242. The summed E-state index contributed by atoms with van der Waals surface area (Å²) in [5, 5.41) is 17.2. The van der Waals surface area contributed by atoms with Crippen LogP contribution >= 0.6 is 0 Å². The molecule has 0 heterocycles. The average Bonchev–Trinajstić information content (AvgIpc) is 2.27. The van der Waals surface area contributed by atoms with Gasteiger partial charge in [-0.25, -0.2) is 0 Å². The van der Waals surface area contributed by atoms with Crippen molar-refractivity contribution in [3.8, 4) is 12.1 Å². The molecule has 2 nitrogen and oxygen atoms in total. The van der Waals surface area contributed by atoms with Gasteiger partial charge in [0.2, 0.25) is 0 Å². The SMILES string of the molecule is CC(C)(C#N)CCCCCCCCCC#N. The van der Waals surface area contributed by atoms with Crippen molar-refractivity contribution in [1.29, 1.82) is 10.5 Å². The Morgan fingerprint density at radius 3 is 1.81 bits per heavy atom. The third-order valence-electron chi connectivity index (χ3n) is 2.89. The number of hydrogen-bond donors (Lipinski definition) is 0. The first-order valence-corrected chi connectivity index (χ1v) is 6.40. The van der Waals surface area contributed by atoms with Gasteiger partial charge in [0.25, 0.3) is 0 Å². The van der Waals surface area contributed by atoms with Crippen molar-refractivity contribution in [2.45, 2.75) is 71.6 Å². The Kier molecular flexibility index (Phi) is 8.64. The zero-order valence-corrected chi connectivity index (χ0v) is 10.8. The smallest absolute Gasteiger partial charge is 0.0683 e. The van der Waals surface area contributed by atoms with Crippen molar-refractivity contribution in [2.24, 2.45) is 5.41 Å². The van der Waals surface area contributed by atoms with E-state index in [1.807, 2.05) is 13.8 Å². The molecule has 0 fully saturated rings. The highest BCUT2D eigenvalue weighted by Gasteiger charge is 2.14. The van der Waals surface area contributed by atoms with Crippen LogP contribution in [-0.4, -0.2) is 0 Å². The van der Waals surface area contributed by atoms with Crippen LogP contribution in [0.5, 0.6) is 0 Å². The molecule has 0 aromatic heterocycles. The molecule has 0 aliphatic rings. The minimum Gasteiger partial charge on any atom is -0.198 e. The van der Waals surface area contributed by atoms with Crippen molar-refractivity contribution >= 4 is 0 Å². The molecular formula is C14H24N2. The van der Waals surface area contributed by atoms with Crippen molar-refractivity contribution in [3.05, 3.63) is 0 Å². The van der Waals surface area contributed by atoms with Crippen LogP contribution in [0.15, 0.2) is 0 Å². The number of nitrogens with zero attached hydrogens (tertiary/aromatic N) is 2. The lowest BCUT2D eigenvalue weighted by Crippen LogP contribution is -2.06. The van der Waals surface area contributed by atoms with Crippen LogP contribution in [0.3, 0.4) is 0 Å². The molecule has 2 heteroatoms. The van der Waals surface area contributed by atoms with Crippen molar-refractivity contribution in [1.82, 2.24) is 0 Å². The second kappa shape index (κ2) is 9.22. The van der Waals surface area contributed by atoms with E-state index in [4.69, 9.17) is 10.5 Å². The number of unbranched alkanes of at least 4 members (excludes halogenated alkanes) is 7. The van der Waals surface area contributed by atoms with Gasteiger partial charge in [0.1, 0.15) is 0 Å². The number of hydrogen-bond acceptors (Lipinski definition) is 2. The van der Waals surface area contributed by atoms with Crippen LogP contribution in [0, 0.1) is 28.1 Å². The lowest BCUT2D eigenvalue weighted by atomic mass is 9.88. The number of nitriles is 2. The van der Waals surface area contributed by atoms with E-state index in [2.05, 4.69) is 12.1 Å². The Labute approximate surface area is 100 Å². The molecule has 0 N–H and O–H groups in total. The van der Waals surface area contributed by atoms with Gasteiger partial charge in [-0.3, -0.25) is 0 Å². The summed E-state index contributed by atoms with van der Waals surface area (Å²) in [6, 6.07) is 4.51. The minimum atomic E-state index is -0.146. The summed E-state index contributed by atoms with van der Waals surface area (Å²) in [7, 11) is 0. The summed E-state index contributed by atoms with van der Waals surface area (Å²) in [4.78, 5) is 0. The van der Waals surface area contributed by atoms with Crippen LogP contribution < -0.4 is 0 Å². The van der Waals surface area contributed by atoms with E-state index >= 15 is 0 Å². The minimum absolute atomic E-state index is 0.146. The summed E-state index contributed by atoms with van der Waals surface area (Å²) in [5.41, 5.74) is -0.146. The van der Waals surface area contributed by atoms with Gasteiger partial charge in [-0.1, -0.05) is 38.5 Å². The van der Waals surface area contributed by atoms with Gasteiger partial charge >= 0.3 is 0 Å². The highest BCUT2D eigenvalue weighted by atomic mass is 14.3. The standard InChI is InChI=1S/C14H24N2/c1-14(2,13-16)11-9-7-5-3-4-6-8-10-12-15/h3-11H2,1-2H3. The van der Waals surface area contributed by atoms with Gasteiger partial charge < -0.3 is 0 Å². The molecular weight excluding hydrogens is 196 g/mol. The van der Waals surface area contributed by atoms with Crippen LogP contribution in [0.1, 0.15) is 71.6 Å². The molecule has 0 saturated carbocycles. The van der Waals surface area contributed by atoms with Crippen molar-refractivity contribution in [3.63, 3.8) is 0 Å². The molecule has 0 rings (SSSR count). The second-order valence-corrected chi connectivity index (χ2v) is 5.13. The fourth-order valence-electron chi connectivity index (χ4n) is 1.71. The van der Waals surface area contributed by atoms with E-state index in [0.717, 1.165) is 12.8 Å². The predicted molar refractivity (Wildman–Crippen MR) is 66.6 cm³/mol. The van der Waals surface area contributed by atoms with E-state index in [9.17, 15) is 0 Å². The van der Waals surface area contributed by atoms with E-state index in [-0.39, 0.29) is 5.41 Å². The van der Waals surface area contributed by atoms with E-state index in [1.54, 1.807) is 0 Å². The first-order chi connectivity index (χ1) is 7.62. The molecule has 0 aliphatic carbocycles. The average molecular weight is 220 g/mol. The van der Waals surface area contributed by atoms with Crippen LogP contribution in [0.2, 0.25) is 0 Å². The Morgan fingerprint density at radius 1 is 0.812 bits per heavy atom. The molecule has 0 saturated heterocycles. The zero-order valence-electron chi connectivity index (χ0n) is 10.8. The molecule has 0 unspecified atom stereocenters. The van der Waals surface area contributed by atoms with Crippen LogP contribution in [0.25, 0.3) is 0 Å². The first-order valence-electron chi connectivity index (χ1n) is 6.40. The molecule has 0 bridgehead atoms. The van der Waals surface area contributed by atoms with E-state index < -0.39 is 0 Å². The molecule has 16 heavy (non-hydrogen) atoms. The maximum absolute atomic E-state index is 8.84. The molecule has 0 amide bonds. The van der Waals surface area contributed by atoms with Crippen LogP contribution in [-0.2, 0) is 0 Å². The summed E-state index contributed by atoms with van der Waals surface area (Å²) in [6.45, 7) is 4.02. The highest BCUT2D eigenvalue weighted by molar-refractivity contribution is 4.91. The quantitative estimate of drug-likeness (QED) is 0.534. The van der Waals surface area contributed by atoms with Crippen molar-refractivity contribution in [2.75, 3.05) is 0 Å². The maximum atomic E-state index is 8.84. The Morgan fingerprint density at radius 2 is 1.31 bits per heavy atom. The third kappa shape index (κ3) is 9.53. The monoisotopic (exact) mass is 220 g/mol. The highest BCUT2D eigenvalue weighted by Crippen LogP contribution is 2.22. The van der Waals surface area contributed by atoms with Gasteiger partial charge in [0, 0.05) is 6.42 Å². The predicted octanol–water partition coefficient (Wildman–Crippen LogP) is 4.57. The molecule has 0 atom stereocenters. The molecule has 90 valence electrons. The van der Waals surface area contributed by atoms with Gasteiger partial charge in [0.05, 0.1) is 17.6 Å². The van der Waals surface area contributed by atoms with E-state index in [1.165, 1.54) is 38.5 Å². The third-order valence-corrected chi connectivity index (χ3v) is 2.89. The summed E-state index contributed by atoms with van der Waals surface area (Å²) < 4.78 is 0. The second-order valence-electron chi connectivity index (χ2n) is 5.13. The molecule has 0 radical (unpaired) electrons. The largest absolute Gasteiger partial charge is 0.198 e. The van der Waals surface area contributed by atoms with Gasteiger partial charge in [-0.2, -0.15) is 10.5 Å². The molecule has 0 spiro atoms. The lowest BCUT2D eigenvalue weighted by molar-refractivity contribution is 0.419. The lowest BCUT2D eigenvalue weighted by Gasteiger charge is -2.13. The van der Waals surface area contributed by atoms with Gasteiger partial charge in [-0.05, 0) is 26.7 Å². The fraction of sp³-hybridized carbons (Fsp3) is 0.857. The fourth-order valence-corrected chi connectivity index (χ4v) is 1.71. The molecule has 0 aromatic rings. The maximum Gasteiger partial charge on any atom is 0.0683 e. The Hall–Kier alpha value is -1.02. The van der Waals surface area contributed by atoms with E-state index in [0.29, 0.717) is 6.42 Å². The van der Waals surface area contributed by atoms with Crippen LogP contribution in [0.4, 0.5) is 0 Å². The first kappa shape index (κ1) is 15.0. The molecule has 0 aromatic carbocycles. The molecule has 0 aliphatic heterocycles. The summed E-state index contributed by atoms with van der Waals surface area (Å²) in [5.74, 6) is 0. The van der Waals surface area contributed by atoms with Crippen molar-refractivity contribution < 1.29 is 0 Å². The Balaban J connectivity index is 3.17. The normalized spacial score (nSPS) is 10.8.